The van der Waals surface area contributed by atoms with Crippen LogP contribution in [0.4, 0.5) is 5.69 Å². The number of benzene rings is 2. The molecular formula is C15H9N3O4. The molecular weight excluding hydrogens is 286 g/mol. The van der Waals surface area contributed by atoms with Crippen LogP contribution >= 0.6 is 0 Å². The van der Waals surface area contributed by atoms with Gasteiger partial charge in [-0.2, -0.15) is 10.1 Å². The standard InChI is InChI=1S/C15H9N3O4/c19-14-12-3-1-2-4-13(12)15(20)17(14)16-9-10-5-7-11(8-6-10)18(21)22/h1-9H/b16-9-. The first-order valence-electron chi connectivity index (χ1n) is 6.34. The predicted molar refractivity (Wildman–Crippen MR) is 77.6 cm³/mol. The molecule has 0 fully saturated rings. The number of nitro benzene ring substituents is 1. The quantitative estimate of drug-likeness (QED) is 0.375. The molecule has 22 heavy (non-hydrogen) atoms. The molecule has 0 aliphatic carbocycles. The van der Waals surface area contributed by atoms with Gasteiger partial charge in [-0.1, -0.05) is 12.1 Å². The minimum absolute atomic E-state index is 0.0436. The molecule has 0 saturated heterocycles. The van der Waals surface area contributed by atoms with E-state index < -0.39 is 16.7 Å². The molecule has 108 valence electrons. The second kappa shape index (κ2) is 5.21. The maximum Gasteiger partial charge on any atom is 0.282 e. The van der Waals surface area contributed by atoms with Crippen LogP contribution in [0.1, 0.15) is 26.3 Å². The summed E-state index contributed by atoms with van der Waals surface area (Å²) in [5.41, 5.74) is 1.13. The van der Waals surface area contributed by atoms with Gasteiger partial charge in [0, 0.05) is 12.1 Å². The average Bonchev–Trinajstić information content (AvgIpc) is 2.78. The largest absolute Gasteiger partial charge is 0.282 e. The smallest absolute Gasteiger partial charge is 0.267 e. The molecule has 7 heteroatoms. The molecule has 2 aromatic carbocycles. The highest BCUT2D eigenvalue weighted by Gasteiger charge is 2.35. The number of carbonyl (C=O) groups is 2. The molecule has 0 radical (unpaired) electrons. The normalized spacial score (nSPS) is 13.7. The van der Waals surface area contributed by atoms with Gasteiger partial charge in [-0.15, -0.1) is 0 Å². The molecule has 1 heterocycles. The number of amides is 2. The minimum atomic E-state index is -0.509. The number of imide groups is 1. The van der Waals surface area contributed by atoms with E-state index in [9.17, 15) is 19.7 Å². The van der Waals surface area contributed by atoms with Crippen LogP contribution in [0.5, 0.6) is 0 Å². The van der Waals surface area contributed by atoms with Gasteiger partial charge in [-0.25, -0.2) is 0 Å². The van der Waals surface area contributed by atoms with Crippen molar-refractivity contribution < 1.29 is 14.5 Å². The van der Waals surface area contributed by atoms with Crippen LogP contribution in [0.3, 0.4) is 0 Å². The number of hydrogen-bond donors (Lipinski definition) is 0. The summed E-state index contributed by atoms with van der Waals surface area (Å²) < 4.78 is 0. The molecule has 0 bridgehead atoms. The van der Waals surface area contributed by atoms with Crippen molar-refractivity contribution in [3.05, 3.63) is 75.3 Å². The van der Waals surface area contributed by atoms with Gasteiger partial charge in [0.1, 0.15) is 0 Å². The van der Waals surface area contributed by atoms with E-state index in [4.69, 9.17) is 0 Å². The van der Waals surface area contributed by atoms with Gasteiger partial charge in [-0.3, -0.25) is 19.7 Å². The Morgan fingerprint density at radius 2 is 1.50 bits per heavy atom. The molecule has 2 amide bonds. The van der Waals surface area contributed by atoms with Crippen molar-refractivity contribution in [2.45, 2.75) is 0 Å². The van der Waals surface area contributed by atoms with Gasteiger partial charge >= 0.3 is 0 Å². The highest BCUT2D eigenvalue weighted by Crippen LogP contribution is 2.22. The average molecular weight is 295 g/mol. The lowest BCUT2D eigenvalue weighted by Gasteiger charge is -2.05. The highest BCUT2D eigenvalue weighted by molar-refractivity contribution is 6.21. The summed E-state index contributed by atoms with van der Waals surface area (Å²) in [6, 6.07) is 12.1. The van der Waals surface area contributed by atoms with Crippen LogP contribution in [0.15, 0.2) is 53.6 Å². The van der Waals surface area contributed by atoms with Gasteiger partial charge < -0.3 is 0 Å². The fourth-order valence-electron chi connectivity index (χ4n) is 2.09. The Morgan fingerprint density at radius 3 is 2.00 bits per heavy atom. The fourth-order valence-corrected chi connectivity index (χ4v) is 2.09. The molecule has 2 aromatic rings. The van der Waals surface area contributed by atoms with E-state index in [1.807, 2.05) is 0 Å². The first kappa shape index (κ1) is 13.6. The summed E-state index contributed by atoms with van der Waals surface area (Å²) in [5.74, 6) is -0.975. The number of hydrogen-bond acceptors (Lipinski definition) is 5. The Labute approximate surface area is 124 Å². The Hall–Kier alpha value is -3.35. The van der Waals surface area contributed by atoms with E-state index in [2.05, 4.69) is 5.10 Å². The van der Waals surface area contributed by atoms with Crippen molar-refractivity contribution >= 4 is 23.7 Å². The van der Waals surface area contributed by atoms with Crippen LogP contribution in [-0.2, 0) is 0 Å². The van der Waals surface area contributed by atoms with Crippen molar-refractivity contribution in [1.82, 2.24) is 5.01 Å². The van der Waals surface area contributed by atoms with E-state index in [0.717, 1.165) is 5.01 Å². The summed E-state index contributed by atoms with van der Waals surface area (Å²) in [4.78, 5) is 34.2. The lowest BCUT2D eigenvalue weighted by molar-refractivity contribution is -0.384. The molecule has 1 aliphatic rings. The monoisotopic (exact) mass is 295 g/mol. The molecule has 0 unspecified atom stereocenters. The number of nitrogens with zero attached hydrogens (tertiary/aromatic N) is 3. The van der Waals surface area contributed by atoms with Crippen LogP contribution in [0.25, 0.3) is 0 Å². The summed E-state index contributed by atoms with van der Waals surface area (Å²) in [6.45, 7) is 0. The SMILES string of the molecule is O=C1c2ccccc2C(=O)N1/N=C\c1ccc([N+](=O)[O-])cc1. The van der Waals surface area contributed by atoms with Gasteiger partial charge in [-0.05, 0) is 29.8 Å². The third-order valence-electron chi connectivity index (χ3n) is 3.20. The fraction of sp³-hybridized carbons (Fsp3) is 0. The molecule has 0 spiro atoms. The first-order chi connectivity index (χ1) is 10.6. The van der Waals surface area contributed by atoms with Crippen LogP contribution in [0.2, 0.25) is 0 Å². The van der Waals surface area contributed by atoms with Crippen LogP contribution < -0.4 is 0 Å². The third kappa shape index (κ3) is 2.24. The molecule has 1 aliphatic heterocycles. The molecule has 0 saturated carbocycles. The van der Waals surface area contributed by atoms with E-state index in [1.165, 1.54) is 30.5 Å². The summed E-state index contributed by atoms with van der Waals surface area (Å²) >= 11 is 0. The third-order valence-corrected chi connectivity index (χ3v) is 3.20. The minimum Gasteiger partial charge on any atom is -0.267 e. The second-order valence-electron chi connectivity index (χ2n) is 4.56. The maximum atomic E-state index is 12.1. The van der Waals surface area contributed by atoms with Crippen molar-refractivity contribution in [3.63, 3.8) is 0 Å². The van der Waals surface area contributed by atoms with Gasteiger partial charge in [0.05, 0.1) is 22.3 Å². The van der Waals surface area contributed by atoms with E-state index >= 15 is 0 Å². The van der Waals surface area contributed by atoms with Crippen molar-refractivity contribution in [3.8, 4) is 0 Å². The molecule has 0 aromatic heterocycles. The Balaban J connectivity index is 1.83. The van der Waals surface area contributed by atoms with Crippen molar-refractivity contribution in [2.24, 2.45) is 5.10 Å². The summed E-state index contributed by atoms with van der Waals surface area (Å²) in [7, 11) is 0. The summed E-state index contributed by atoms with van der Waals surface area (Å²) in [6.07, 6.45) is 1.31. The Bertz CT molecular complexity index is 777. The van der Waals surface area contributed by atoms with Gasteiger partial charge in [0.25, 0.3) is 17.5 Å². The molecule has 0 N–H and O–H groups in total. The highest BCUT2D eigenvalue weighted by atomic mass is 16.6. The zero-order valence-corrected chi connectivity index (χ0v) is 11.2. The Kier molecular flexibility index (Phi) is 3.23. The number of nitro groups is 1. The zero-order valence-electron chi connectivity index (χ0n) is 11.2. The number of non-ortho nitro benzene ring substituents is 1. The molecule has 7 nitrogen and oxygen atoms in total. The zero-order chi connectivity index (χ0) is 15.7. The number of hydrazone groups is 1. The number of carbonyl (C=O) groups excluding carboxylic acids is 2. The maximum absolute atomic E-state index is 12.1. The lowest BCUT2D eigenvalue weighted by Crippen LogP contribution is -2.23. The van der Waals surface area contributed by atoms with E-state index in [1.54, 1.807) is 24.3 Å². The molecule has 3 rings (SSSR count). The second-order valence-corrected chi connectivity index (χ2v) is 4.56. The number of rotatable bonds is 3. The lowest BCUT2D eigenvalue weighted by atomic mass is 10.1. The first-order valence-corrected chi connectivity index (χ1v) is 6.34. The molecule has 0 atom stereocenters. The topological polar surface area (TPSA) is 92.9 Å². The predicted octanol–water partition coefficient (Wildman–Crippen LogP) is 2.22. The van der Waals surface area contributed by atoms with E-state index in [0.29, 0.717) is 16.7 Å². The van der Waals surface area contributed by atoms with Crippen molar-refractivity contribution in [2.75, 3.05) is 0 Å². The van der Waals surface area contributed by atoms with Crippen molar-refractivity contribution in [1.29, 1.82) is 0 Å². The van der Waals surface area contributed by atoms with Crippen LogP contribution in [-0.4, -0.2) is 28.0 Å². The summed E-state index contributed by atoms with van der Waals surface area (Å²) in [5, 5.41) is 15.2. The van der Waals surface area contributed by atoms with Gasteiger partial charge in [0.2, 0.25) is 0 Å². The number of fused-ring (bicyclic) bond motifs is 1. The van der Waals surface area contributed by atoms with Gasteiger partial charge in [0.15, 0.2) is 0 Å². The van der Waals surface area contributed by atoms with E-state index in [-0.39, 0.29) is 5.69 Å². The van der Waals surface area contributed by atoms with Crippen LogP contribution in [0, 0.1) is 10.1 Å². The Morgan fingerprint density at radius 1 is 0.955 bits per heavy atom.